The van der Waals surface area contributed by atoms with Crippen LogP contribution in [0.5, 0.6) is 0 Å². The van der Waals surface area contributed by atoms with Gasteiger partial charge in [0.15, 0.2) is 0 Å². The van der Waals surface area contributed by atoms with Gasteiger partial charge in [-0.2, -0.15) is 0 Å². The van der Waals surface area contributed by atoms with Crippen LogP contribution in [-0.2, 0) is 0 Å². The van der Waals surface area contributed by atoms with Gasteiger partial charge in [0.2, 0.25) is 0 Å². The zero-order chi connectivity index (χ0) is 19.1. The zero-order valence-electron chi connectivity index (χ0n) is 16.6. The van der Waals surface area contributed by atoms with Crippen LogP contribution < -0.4 is 0 Å². The van der Waals surface area contributed by atoms with Gasteiger partial charge in [-0.05, 0) is 64.7 Å². The van der Waals surface area contributed by atoms with E-state index >= 15 is 0 Å². The summed E-state index contributed by atoms with van der Waals surface area (Å²) in [6.45, 7) is 4.45. The Hall–Kier alpha value is -2.11. The summed E-state index contributed by atoms with van der Waals surface area (Å²) in [6.07, 6.45) is 8.60. The molecule has 0 bridgehead atoms. The van der Waals surface area contributed by atoms with Crippen LogP contribution in [0.3, 0.4) is 0 Å². The second-order valence-corrected chi connectivity index (χ2v) is 9.31. The third kappa shape index (κ3) is 3.49. The number of hydrogen-bond donors (Lipinski definition) is 0. The van der Waals surface area contributed by atoms with E-state index in [2.05, 4.69) is 48.1 Å². The monoisotopic (exact) mass is 390 g/mol. The largest absolute Gasteiger partial charge is 0.306 e. The Morgan fingerprint density at radius 3 is 2.61 bits per heavy atom. The average molecular weight is 391 g/mol. The molecular formula is C23H26N4S. The van der Waals surface area contributed by atoms with Crippen molar-refractivity contribution in [3.8, 4) is 21.8 Å². The van der Waals surface area contributed by atoms with Crippen molar-refractivity contribution < 1.29 is 0 Å². The highest BCUT2D eigenvalue weighted by Gasteiger charge is 2.30. The maximum Gasteiger partial charge on any atom is 0.116 e. The van der Waals surface area contributed by atoms with Gasteiger partial charge in [0.1, 0.15) is 6.33 Å². The van der Waals surface area contributed by atoms with Crippen LogP contribution in [0.1, 0.15) is 53.7 Å². The minimum atomic E-state index is 0.560. The first-order chi connectivity index (χ1) is 13.7. The summed E-state index contributed by atoms with van der Waals surface area (Å²) < 4.78 is 0. The molecule has 4 nitrogen and oxygen atoms in total. The number of thiazole rings is 1. The van der Waals surface area contributed by atoms with E-state index in [4.69, 9.17) is 9.97 Å². The maximum atomic E-state index is 5.21. The number of aryl methyl sites for hydroxylation is 1. The van der Waals surface area contributed by atoms with Gasteiger partial charge in [-0.25, -0.2) is 15.0 Å². The Morgan fingerprint density at radius 2 is 1.86 bits per heavy atom. The van der Waals surface area contributed by atoms with Crippen molar-refractivity contribution in [2.75, 3.05) is 20.1 Å². The van der Waals surface area contributed by atoms with Crippen molar-refractivity contribution in [1.82, 2.24) is 19.9 Å². The lowest BCUT2D eigenvalue weighted by molar-refractivity contribution is 0.255. The molecule has 1 aromatic carbocycles. The lowest BCUT2D eigenvalue weighted by atomic mass is 9.98. The van der Waals surface area contributed by atoms with Crippen LogP contribution in [-0.4, -0.2) is 40.0 Å². The van der Waals surface area contributed by atoms with Gasteiger partial charge >= 0.3 is 0 Å². The van der Waals surface area contributed by atoms with Gasteiger partial charge in [0.25, 0.3) is 0 Å². The first-order valence-electron chi connectivity index (χ1n) is 10.3. The summed E-state index contributed by atoms with van der Waals surface area (Å²) in [7, 11) is 2.21. The van der Waals surface area contributed by atoms with Crippen LogP contribution >= 0.6 is 11.3 Å². The van der Waals surface area contributed by atoms with E-state index in [-0.39, 0.29) is 0 Å². The Kier molecular flexibility index (Phi) is 4.73. The zero-order valence-corrected chi connectivity index (χ0v) is 17.4. The molecule has 28 heavy (non-hydrogen) atoms. The molecule has 5 rings (SSSR count). The van der Waals surface area contributed by atoms with Gasteiger partial charge in [0.05, 0.1) is 21.3 Å². The highest BCUT2D eigenvalue weighted by Crippen LogP contribution is 2.47. The van der Waals surface area contributed by atoms with Crippen LogP contribution in [0.15, 0.2) is 36.8 Å². The van der Waals surface area contributed by atoms with Gasteiger partial charge in [-0.15, -0.1) is 11.3 Å². The second kappa shape index (κ2) is 7.37. The Bertz CT molecular complexity index is 984. The molecule has 0 amide bonds. The molecule has 5 heteroatoms. The van der Waals surface area contributed by atoms with Gasteiger partial charge in [-0.3, -0.25) is 0 Å². The number of aromatic nitrogens is 3. The molecule has 144 valence electrons. The average Bonchev–Trinajstić information content (AvgIpc) is 3.47. The molecule has 0 unspecified atom stereocenters. The fourth-order valence-corrected chi connectivity index (χ4v) is 5.41. The van der Waals surface area contributed by atoms with E-state index in [1.54, 1.807) is 6.33 Å². The molecule has 1 saturated heterocycles. The predicted octanol–water partition coefficient (Wildman–Crippen LogP) is 5.26. The van der Waals surface area contributed by atoms with Crippen molar-refractivity contribution in [2.24, 2.45) is 0 Å². The summed E-state index contributed by atoms with van der Waals surface area (Å²) in [5.41, 5.74) is 5.97. The van der Waals surface area contributed by atoms with Crippen LogP contribution in [0.4, 0.5) is 0 Å². The molecule has 0 spiro atoms. The van der Waals surface area contributed by atoms with Crippen molar-refractivity contribution >= 4 is 11.3 Å². The molecule has 2 fully saturated rings. The van der Waals surface area contributed by atoms with Crippen molar-refractivity contribution in [3.63, 3.8) is 0 Å². The lowest BCUT2D eigenvalue weighted by Crippen LogP contribution is -2.29. The summed E-state index contributed by atoms with van der Waals surface area (Å²) in [6, 6.07) is 8.70. The minimum Gasteiger partial charge on any atom is -0.306 e. The number of hydrogen-bond acceptors (Lipinski definition) is 5. The summed E-state index contributed by atoms with van der Waals surface area (Å²) in [5.74, 6) is 1.18. The Morgan fingerprint density at radius 1 is 1.04 bits per heavy atom. The third-order valence-electron chi connectivity index (χ3n) is 5.98. The van der Waals surface area contributed by atoms with Crippen molar-refractivity contribution in [1.29, 1.82) is 0 Å². The molecule has 2 aromatic heterocycles. The van der Waals surface area contributed by atoms with E-state index in [9.17, 15) is 0 Å². The highest BCUT2D eigenvalue weighted by molar-refractivity contribution is 7.15. The van der Waals surface area contributed by atoms with Crippen LogP contribution in [0, 0.1) is 6.92 Å². The standard InChI is InChI=1S/C23H26N4S/c1-15-4-3-5-18(12-15)20-22(21-19(16-6-7-16)13-24-14-25-21)28-23(26-20)17-8-10-27(2)11-9-17/h3-5,12-14,16-17H,6-11H2,1-2H3. The van der Waals surface area contributed by atoms with Crippen molar-refractivity contribution in [2.45, 2.75) is 44.4 Å². The highest BCUT2D eigenvalue weighted by atomic mass is 32.1. The van der Waals surface area contributed by atoms with E-state index < -0.39 is 0 Å². The summed E-state index contributed by atoms with van der Waals surface area (Å²) in [5, 5.41) is 1.28. The first kappa shape index (κ1) is 18.0. The van der Waals surface area contributed by atoms with E-state index in [1.807, 2.05) is 17.5 Å². The summed E-state index contributed by atoms with van der Waals surface area (Å²) >= 11 is 1.86. The summed E-state index contributed by atoms with van der Waals surface area (Å²) in [4.78, 5) is 17.9. The lowest BCUT2D eigenvalue weighted by Gasteiger charge is -2.27. The molecule has 0 atom stereocenters. The SMILES string of the molecule is Cc1cccc(-c2nc(C3CCN(C)CC3)sc2-c2ncncc2C2CC2)c1. The number of piperidine rings is 1. The Labute approximate surface area is 170 Å². The second-order valence-electron chi connectivity index (χ2n) is 8.28. The van der Waals surface area contributed by atoms with Crippen LogP contribution in [0.25, 0.3) is 21.8 Å². The number of nitrogens with zero attached hydrogens (tertiary/aromatic N) is 4. The van der Waals surface area contributed by atoms with Crippen LogP contribution in [0.2, 0.25) is 0 Å². The number of rotatable bonds is 4. The predicted molar refractivity (Wildman–Crippen MR) is 115 cm³/mol. The van der Waals surface area contributed by atoms with Gasteiger partial charge in [-0.1, -0.05) is 23.8 Å². The van der Waals surface area contributed by atoms with E-state index in [0.29, 0.717) is 11.8 Å². The quantitative estimate of drug-likeness (QED) is 0.609. The van der Waals surface area contributed by atoms with Gasteiger partial charge in [0, 0.05) is 23.2 Å². The Balaban J connectivity index is 1.62. The molecule has 1 aliphatic carbocycles. The number of likely N-dealkylation sites (tertiary alicyclic amines) is 1. The topological polar surface area (TPSA) is 41.9 Å². The molecule has 3 heterocycles. The molecule has 1 saturated carbocycles. The molecule has 0 radical (unpaired) electrons. The molecule has 0 N–H and O–H groups in total. The molecule has 3 aromatic rings. The van der Waals surface area contributed by atoms with E-state index in [1.165, 1.54) is 52.3 Å². The molecule has 2 aliphatic rings. The maximum absolute atomic E-state index is 5.21. The smallest absolute Gasteiger partial charge is 0.116 e. The number of benzene rings is 1. The minimum absolute atomic E-state index is 0.560. The van der Waals surface area contributed by atoms with Crippen molar-refractivity contribution in [3.05, 3.63) is 52.9 Å². The van der Waals surface area contributed by atoms with E-state index in [0.717, 1.165) is 24.5 Å². The fourth-order valence-electron chi connectivity index (χ4n) is 4.14. The first-order valence-corrected chi connectivity index (χ1v) is 11.1. The van der Waals surface area contributed by atoms with Gasteiger partial charge < -0.3 is 4.90 Å². The fraction of sp³-hybridized carbons (Fsp3) is 0.435. The molecule has 1 aliphatic heterocycles. The third-order valence-corrected chi connectivity index (χ3v) is 7.20. The normalized spacial score (nSPS) is 18.5. The molecular weight excluding hydrogens is 364 g/mol.